The van der Waals surface area contributed by atoms with Crippen LogP contribution in [0.5, 0.6) is 11.5 Å². The zero-order chi connectivity index (χ0) is 27.6. The number of esters is 1. The Morgan fingerprint density at radius 1 is 1.13 bits per heavy atom. The molecule has 0 spiro atoms. The van der Waals surface area contributed by atoms with Gasteiger partial charge in [0.25, 0.3) is 5.56 Å². The molecule has 7 nitrogen and oxygen atoms in total. The molecule has 0 N–H and O–H groups in total. The fourth-order valence-corrected chi connectivity index (χ4v) is 5.48. The maximum atomic E-state index is 13.7. The molecule has 0 bridgehead atoms. The Bertz CT molecular complexity index is 1600. The van der Waals surface area contributed by atoms with Crippen LogP contribution >= 0.6 is 31.9 Å². The van der Waals surface area contributed by atoms with Crippen LogP contribution in [0.15, 0.2) is 67.4 Å². The topological polar surface area (TPSA) is 82.8 Å². The molecule has 0 fully saturated rings. The standard InChI is InChI=1S/C29H27Br2N3O4/c1-6-37-26-11-17(4)22(14-21(26)16(2)3)28-33-25-10-8-7-9-20(25)29(36)34(28)32-15-19-12-23(30)27(24(31)13-19)38-18(5)35/h7-16H,6H2,1-5H3. The highest BCUT2D eigenvalue weighted by Gasteiger charge is 2.19. The zero-order valence-electron chi connectivity index (χ0n) is 21.7. The van der Waals surface area contributed by atoms with Gasteiger partial charge in [-0.25, -0.2) is 4.98 Å². The minimum Gasteiger partial charge on any atom is -0.494 e. The summed E-state index contributed by atoms with van der Waals surface area (Å²) < 4.78 is 13.6. The van der Waals surface area contributed by atoms with Gasteiger partial charge < -0.3 is 9.47 Å². The first-order valence-electron chi connectivity index (χ1n) is 12.1. The number of para-hydroxylation sites is 1. The number of fused-ring (bicyclic) bond motifs is 1. The molecular weight excluding hydrogens is 614 g/mol. The lowest BCUT2D eigenvalue weighted by molar-refractivity contribution is -0.131. The average molecular weight is 641 g/mol. The van der Waals surface area contributed by atoms with Crippen molar-refractivity contribution < 1.29 is 14.3 Å². The first-order valence-corrected chi connectivity index (χ1v) is 13.7. The van der Waals surface area contributed by atoms with Crippen LogP contribution in [0.4, 0.5) is 0 Å². The van der Waals surface area contributed by atoms with Gasteiger partial charge in [0.1, 0.15) is 5.75 Å². The number of nitrogens with zero attached hydrogens (tertiary/aromatic N) is 3. The number of benzene rings is 3. The van der Waals surface area contributed by atoms with Crippen LogP contribution in [0.2, 0.25) is 0 Å². The fourth-order valence-electron chi connectivity index (χ4n) is 4.10. The zero-order valence-corrected chi connectivity index (χ0v) is 24.9. The van der Waals surface area contributed by atoms with E-state index < -0.39 is 5.97 Å². The second-order valence-electron chi connectivity index (χ2n) is 9.01. The van der Waals surface area contributed by atoms with E-state index in [0.29, 0.717) is 43.6 Å². The van der Waals surface area contributed by atoms with Crippen molar-refractivity contribution in [1.82, 2.24) is 9.66 Å². The van der Waals surface area contributed by atoms with E-state index in [1.807, 2.05) is 38.1 Å². The second kappa shape index (κ2) is 11.6. The average Bonchev–Trinajstić information content (AvgIpc) is 2.85. The molecule has 0 unspecified atom stereocenters. The predicted molar refractivity (Wildman–Crippen MR) is 158 cm³/mol. The lowest BCUT2D eigenvalue weighted by atomic mass is 9.96. The molecule has 4 aromatic rings. The van der Waals surface area contributed by atoms with Gasteiger partial charge in [-0.3, -0.25) is 9.59 Å². The van der Waals surface area contributed by atoms with Crippen LogP contribution in [0.3, 0.4) is 0 Å². The van der Waals surface area contributed by atoms with E-state index in [9.17, 15) is 9.59 Å². The van der Waals surface area contributed by atoms with Crippen LogP contribution < -0.4 is 15.0 Å². The van der Waals surface area contributed by atoms with Crippen LogP contribution in [0.25, 0.3) is 22.3 Å². The Morgan fingerprint density at radius 2 is 1.82 bits per heavy atom. The van der Waals surface area contributed by atoms with Crippen molar-refractivity contribution in [3.05, 3.63) is 84.5 Å². The molecule has 0 saturated carbocycles. The molecule has 4 rings (SSSR count). The van der Waals surface area contributed by atoms with Crippen molar-refractivity contribution in [3.8, 4) is 22.9 Å². The van der Waals surface area contributed by atoms with Crippen molar-refractivity contribution in [2.24, 2.45) is 5.10 Å². The van der Waals surface area contributed by atoms with Crippen molar-refractivity contribution in [2.45, 2.75) is 40.5 Å². The molecule has 3 aromatic carbocycles. The molecule has 1 aromatic heterocycles. The monoisotopic (exact) mass is 639 g/mol. The van der Waals surface area contributed by atoms with Gasteiger partial charge in [-0.15, -0.1) is 0 Å². The number of ether oxygens (including phenoxy) is 2. The summed E-state index contributed by atoms with van der Waals surface area (Å²) in [5, 5.41) is 5.05. The molecule has 0 amide bonds. The van der Waals surface area contributed by atoms with Crippen molar-refractivity contribution in [3.63, 3.8) is 0 Å². The first kappa shape index (κ1) is 27.7. The predicted octanol–water partition coefficient (Wildman–Crippen LogP) is 7.23. The van der Waals surface area contributed by atoms with Crippen molar-refractivity contribution in [1.29, 1.82) is 0 Å². The minimum absolute atomic E-state index is 0.200. The third-order valence-corrected chi connectivity index (χ3v) is 7.04. The fraction of sp³-hybridized carbons (Fsp3) is 0.241. The van der Waals surface area contributed by atoms with E-state index in [-0.39, 0.29) is 11.5 Å². The van der Waals surface area contributed by atoms with Crippen LogP contribution in [0.1, 0.15) is 50.3 Å². The Morgan fingerprint density at radius 3 is 2.45 bits per heavy atom. The Kier molecular flexibility index (Phi) is 8.47. The van der Waals surface area contributed by atoms with Gasteiger partial charge in [-0.05, 0) is 105 Å². The number of halogens is 2. The summed E-state index contributed by atoms with van der Waals surface area (Å²) >= 11 is 6.88. The molecule has 196 valence electrons. The highest BCUT2D eigenvalue weighted by Crippen LogP contribution is 2.36. The molecule has 0 radical (unpaired) electrons. The highest BCUT2D eigenvalue weighted by atomic mass is 79.9. The SMILES string of the molecule is CCOc1cc(C)c(-c2nc3ccccc3c(=O)n2N=Cc2cc(Br)c(OC(C)=O)c(Br)c2)cc1C(C)C. The number of hydrogen-bond acceptors (Lipinski definition) is 6. The number of hydrogen-bond donors (Lipinski definition) is 0. The normalized spacial score (nSPS) is 11.5. The smallest absolute Gasteiger partial charge is 0.308 e. The molecule has 38 heavy (non-hydrogen) atoms. The molecular formula is C29H27Br2N3O4. The number of carbonyl (C=O) groups excluding carboxylic acids is 1. The van der Waals surface area contributed by atoms with Gasteiger partial charge in [0.05, 0.1) is 32.7 Å². The van der Waals surface area contributed by atoms with Gasteiger partial charge in [0, 0.05) is 12.5 Å². The lowest BCUT2D eigenvalue weighted by Gasteiger charge is -2.18. The lowest BCUT2D eigenvalue weighted by Crippen LogP contribution is -2.21. The van der Waals surface area contributed by atoms with Crippen LogP contribution in [-0.4, -0.2) is 28.5 Å². The molecule has 9 heteroatoms. The van der Waals surface area contributed by atoms with E-state index in [0.717, 1.165) is 22.4 Å². The van der Waals surface area contributed by atoms with Crippen LogP contribution in [0, 0.1) is 6.92 Å². The maximum Gasteiger partial charge on any atom is 0.308 e. The Hall–Kier alpha value is -3.30. The summed E-state index contributed by atoms with van der Waals surface area (Å²) in [5.74, 6) is 1.39. The van der Waals surface area contributed by atoms with Gasteiger partial charge in [0.15, 0.2) is 11.6 Å². The van der Waals surface area contributed by atoms with Crippen molar-refractivity contribution >= 4 is 54.9 Å². The van der Waals surface area contributed by atoms with Gasteiger partial charge in [0.2, 0.25) is 0 Å². The summed E-state index contributed by atoms with van der Waals surface area (Å²) in [6.07, 6.45) is 1.57. The summed E-state index contributed by atoms with van der Waals surface area (Å²) in [5.41, 5.74) is 3.73. The second-order valence-corrected chi connectivity index (χ2v) is 10.7. The third kappa shape index (κ3) is 5.73. The largest absolute Gasteiger partial charge is 0.494 e. The van der Waals surface area contributed by atoms with E-state index in [1.165, 1.54) is 11.6 Å². The number of rotatable bonds is 7. The van der Waals surface area contributed by atoms with E-state index in [2.05, 4.69) is 50.8 Å². The quantitative estimate of drug-likeness (QED) is 0.121. The maximum absolute atomic E-state index is 13.7. The Labute approximate surface area is 237 Å². The molecule has 1 heterocycles. The van der Waals surface area contributed by atoms with Gasteiger partial charge >= 0.3 is 5.97 Å². The third-order valence-electron chi connectivity index (χ3n) is 5.86. The highest BCUT2D eigenvalue weighted by molar-refractivity contribution is 9.11. The summed E-state index contributed by atoms with van der Waals surface area (Å²) in [6, 6.07) is 14.8. The molecule has 0 aliphatic rings. The Balaban J connectivity index is 1.92. The van der Waals surface area contributed by atoms with E-state index >= 15 is 0 Å². The number of aromatic nitrogens is 2. The van der Waals surface area contributed by atoms with Gasteiger partial charge in [-0.2, -0.15) is 9.78 Å². The minimum atomic E-state index is -0.433. The summed E-state index contributed by atoms with van der Waals surface area (Å²) in [6.45, 7) is 10.0. The summed E-state index contributed by atoms with van der Waals surface area (Å²) in [4.78, 5) is 30.0. The molecule has 0 saturated heterocycles. The van der Waals surface area contributed by atoms with E-state index in [4.69, 9.17) is 14.5 Å². The number of carbonyl (C=O) groups is 1. The van der Waals surface area contributed by atoms with Crippen molar-refractivity contribution in [2.75, 3.05) is 6.61 Å². The number of aryl methyl sites for hydroxylation is 1. The molecule has 0 aliphatic heterocycles. The molecule has 0 atom stereocenters. The van der Waals surface area contributed by atoms with Crippen LogP contribution in [-0.2, 0) is 4.79 Å². The summed E-state index contributed by atoms with van der Waals surface area (Å²) in [7, 11) is 0. The molecule has 0 aliphatic carbocycles. The first-order chi connectivity index (χ1) is 18.1. The van der Waals surface area contributed by atoms with Gasteiger partial charge in [-0.1, -0.05) is 26.0 Å². The van der Waals surface area contributed by atoms with E-state index in [1.54, 1.807) is 30.5 Å².